The quantitative estimate of drug-likeness (QED) is 0.0825. The number of hydrogen-bond donors (Lipinski definition) is 0. The van der Waals surface area contributed by atoms with Gasteiger partial charge in [0.1, 0.15) is 11.5 Å². The van der Waals surface area contributed by atoms with Crippen molar-refractivity contribution in [3.63, 3.8) is 0 Å². The van der Waals surface area contributed by atoms with Crippen molar-refractivity contribution in [2.45, 2.75) is 45.6 Å². The van der Waals surface area contributed by atoms with Crippen LogP contribution in [0, 0.1) is 17.0 Å². The standard InChI is InChI=1S/C34H30N6O4/c1-21-20-39-30-14-10-24(18-27(30)36-31(33(39)35-21)23-8-12-26(13-9-23)40(42)43)32-37-28-19-25(34(41)44-2)11-15-29(28)38(32)17-16-22-6-4-3-5-7-22/h6,8-15,18-20H,3-5,7,16-17H2,1-2H3. The average molecular weight is 587 g/mol. The number of imidazole rings is 2. The molecule has 0 unspecified atom stereocenters. The summed E-state index contributed by atoms with van der Waals surface area (Å²) in [4.78, 5) is 37.9. The van der Waals surface area contributed by atoms with Crippen LogP contribution in [-0.4, -0.2) is 41.9 Å². The van der Waals surface area contributed by atoms with E-state index in [9.17, 15) is 14.9 Å². The second kappa shape index (κ2) is 11.0. The van der Waals surface area contributed by atoms with Crippen LogP contribution in [0.1, 0.15) is 48.2 Å². The molecule has 0 N–H and O–H groups in total. The van der Waals surface area contributed by atoms with Gasteiger partial charge in [-0.1, -0.05) is 11.6 Å². The van der Waals surface area contributed by atoms with E-state index in [4.69, 9.17) is 19.7 Å². The summed E-state index contributed by atoms with van der Waals surface area (Å²) in [5, 5.41) is 11.2. The first-order chi connectivity index (χ1) is 21.4. The van der Waals surface area contributed by atoms with E-state index >= 15 is 0 Å². The van der Waals surface area contributed by atoms with Crippen molar-refractivity contribution in [1.82, 2.24) is 23.9 Å². The van der Waals surface area contributed by atoms with Gasteiger partial charge in [0.25, 0.3) is 5.69 Å². The fourth-order valence-corrected chi connectivity index (χ4v) is 6.12. The number of fused-ring (bicyclic) bond motifs is 4. The van der Waals surface area contributed by atoms with E-state index in [0.29, 0.717) is 16.9 Å². The Kier molecular flexibility index (Phi) is 6.88. The van der Waals surface area contributed by atoms with E-state index in [1.54, 1.807) is 24.3 Å². The molecule has 0 atom stereocenters. The van der Waals surface area contributed by atoms with Crippen molar-refractivity contribution in [3.8, 4) is 22.6 Å². The molecule has 1 aliphatic rings. The van der Waals surface area contributed by atoms with Crippen LogP contribution in [0.3, 0.4) is 0 Å². The summed E-state index contributed by atoms with van der Waals surface area (Å²) in [5.74, 6) is 0.393. The fraction of sp³-hybridized carbons (Fsp3) is 0.235. The summed E-state index contributed by atoms with van der Waals surface area (Å²) >= 11 is 0. The highest BCUT2D eigenvalue weighted by Crippen LogP contribution is 2.33. The lowest BCUT2D eigenvalue weighted by Gasteiger charge is -2.15. The number of benzene rings is 3. The topological polar surface area (TPSA) is 117 Å². The number of non-ortho nitro benzene ring substituents is 1. The molecule has 0 aliphatic heterocycles. The van der Waals surface area contributed by atoms with Crippen molar-refractivity contribution in [3.05, 3.63) is 99.9 Å². The Hall–Kier alpha value is -5.38. The molecule has 0 saturated carbocycles. The number of carbonyl (C=O) groups excluding carboxylic acids is 1. The maximum atomic E-state index is 12.3. The van der Waals surface area contributed by atoms with Gasteiger partial charge in [-0.25, -0.2) is 19.7 Å². The first-order valence-electron chi connectivity index (χ1n) is 14.7. The molecule has 1 aliphatic carbocycles. The van der Waals surface area contributed by atoms with E-state index in [0.717, 1.165) is 70.5 Å². The number of aromatic nitrogens is 5. The first-order valence-corrected chi connectivity index (χ1v) is 14.7. The van der Waals surface area contributed by atoms with Gasteiger partial charge in [-0.05, 0) is 87.6 Å². The molecule has 0 bridgehead atoms. The lowest BCUT2D eigenvalue weighted by atomic mass is 9.97. The highest BCUT2D eigenvalue weighted by molar-refractivity contribution is 5.95. The van der Waals surface area contributed by atoms with Gasteiger partial charge >= 0.3 is 5.97 Å². The molecule has 6 aromatic rings. The molecule has 0 fully saturated rings. The molecule has 7 rings (SSSR count). The summed E-state index contributed by atoms with van der Waals surface area (Å²) in [5.41, 5.74) is 9.03. The van der Waals surface area contributed by atoms with Gasteiger partial charge in [-0.2, -0.15) is 0 Å². The summed E-state index contributed by atoms with van der Waals surface area (Å²) in [6.45, 7) is 2.69. The van der Waals surface area contributed by atoms with Crippen molar-refractivity contribution >= 4 is 39.4 Å². The normalized spacial score (nSPS) is 13.5. The lowest BCUT2D eigenvalue weighted by Crippen LogP contribution is -2.04. The highest BCUT2D eigenvalue weighted by Gasteiger charge is 2.19. The third-order valence-corrected chi connectivity index (χ3v) is 8.33. The number of nitro groups is 1. The van der Waals surface area contributed by atoms with Crippen LogP contribution in [0.2, 0.25) is 0 Å². The molecule has 0 amide bonds. The van der Waals surface area contributed by atoms with Gasteiger partial charge in [0.15, 0.2) is 5.65 Å². The van der Waals surface area contributed by atoms with Gasteiger partial charge in [0.2, 0.25) is 0 Å². The molecule has 220 valence electrons. The van der Waals surface area contributed by atoms with E-state index in [2.05, 4.69) is 10.6 Å². The average Bonchev–Trinajstić information content (AvgIpc) is 3.63. The number of aryl methyl sites for hydroxylation is 2. The Morgan fingerprint density at radius 2 is 1.73 bits per heavy atom. The molecule has 3 aromatic carbocycles. The van der Waals surface area contributed by atoms with Crippen molar-refractivity contribution in [1.29, 1.82) is 0 Å². The number of esters is 1. The third kappa shape index (κ3) is 4.88. The molecule has 10 heteroatoms. The number of ether oxygens (including phenoxy) is 1. The number of nitro benzene ring substituents is 1. The maximum absolute atomic E-state index is 12.3. The minimum atomic E-state index is -0.413. The number of allylic oxidation sites excluding steroid dienone is 2. The molecule has 3 aromatic heterocycles. The monoisotopic (exact) mass is 586 g/mol. The highest BCUT2D eigenvalue weighted by atomic mass is 16.6. The minimum absolute atomic E-state index is 0.0191. The van der Waals surface area contributed by atoms with Crippen molar-refractivity contribution in [2.24, 2.45) is 0 Å². The summed E-state index contributed by atoms with van der Waals surface area (Å²) in [6, 6.07) is 18.0. The zero-order chi connectivity index (χ0) is 30.4. The fourth-order valence-electron chi connectivity index (χ4n) is 6.12. The van der Waals surface area contributed by atoms with Gasteiger partial charge < -0.3 is 9.30 Å². The predicted molar refractivity (Wildman–Crippen MR) is 169 cm³/mol. The Labute approximate surface area is 252 Å². The van der Waals surface area contributed by atoms with Crippen LogP contribution in [0.5, 0.6) is 0 Å². The summed E-state index contributed by atoms with van der Waals surface area (Å²) in [6.07, 6.45) is 9.99. The number of methoxy groups -OCH3 is 1. The summed E-state index contributed by atoms with van der Waals surface area (Å²) < 4.78 is 9.19. The van der Waals surface area contributed by atoms with Crippen LogP contribution in [0.15, 0.2) is 78.5 Å². The van der Waals surface area contributed by atoms with Crippen LogP contribution in [-0.2, 0) is 11.3 Å². The number of rotatable bonds is 7. The van der Waals surface area contributed by atoms with E-state index in [-0.39, 0.29) is 5.69 Å². The molecular weight excluding hydrogens is 556 g/mol. The smallest absolute Gasteiger partial charge is 0.337 e. The van der Waals surface area contributed by atoms with Crippen molar-refractivity contribution in [2.75, 3.05) is 7.11 Å². The first kappa shape index (κ1) is 27.5. The lowest BCUT2D eigenvalue weighted by molar-refractivity contribution is -0.384. The second-order valence-electron chi connectivity index (χ2n) is 11.2. The van der Waals surface area contributed by atoms with Crippen LogP contribution in [0.4, 0.5) is 5.69 Å². The zero-order valence-corrected chi connectivity index (χ0v) is 24.5. The van der Waals surface area contributed by atoms with Crippen LogP contribution < -0.4 is 0 Å². The van der Waals surface area contributed by atoms with E-state index in [1.807, 2.05) is 41.8 Å². The van der Waals surface area contributed by atoms with Gasteiger partial charge in [-0.3, -0.25) is 14.5 Å². The maximum Gasteiger partial charge on any atom is 0.337 e. The number of carbonyl (C=O) groups is 1. The molecular formula is C34H30N6O4. The number of nitrogens with zero attached hydrogens (tertiary/aromatic N) is 6. The van der Waals surface area contributed by atoms with Gasteiger partial charge in [0, 0.05) is 36.0 Å². The largest absolute Gasteiger partial charge is 0.465 e. The molecule has 3 heterocycles. The van der Waals surface area contributed by atoms with Crippen molar-refractivity contribution < 1.29 is 14.5 Å². The SMILES string of the molecule is COC(=O)c1ccc2c(c1)nc(-c1ccc3c(c1)nc(-c1ccc([N+](=O)[O-])cc1)c1nc(C)cn13)n2CCC1=CCCCC1. The predicted octanol–water partition coefficient (Wildman–Crippen LogP) is 7.46. The Bertz CT molecular complexity index is 2120. The Morgan fingerprint density at radius 1 is 0.955 bits per heavy atom. The second-order valence-corrected chi connectivity index (χ2v) is 11.2. The molecule has 0 spiro atoms. The van der Waals surface area contributed by atoms with Gasteiger partial charge in [-0.15, -0.1) is 0 Å². The third-order valence-electron chi connectivity index (χ3n) is 8.33. The minimum Gasteiger partial charge on any atom is -0.465 e. The molecule has 44 heavy (non-hydrogen) atoms. The van der Waals surface area contributed by atoms with E-state index < -0.39 is 10.9 Å². The summed E-state index contributed by atoms with van der Waals surface area (Å²) in [7, 11) is 1.38. The zero-order valence-electron chi connectivity index (χ0n) is 24.5. The Morgan fingerprint density at radius 3 is 2.48 bits per heavy atom. The molecule has 10 nitrogen and oxygen atoms in total. The molecule has 0 radical (unpaired) electrons. The van der Waals surface area contributed by atoms with E-state index in [1.165, 1.54) is 37.7 Å². The Balaban J connectivity index is 1.38. The van der Waals surface area contributed by atoms with Crippen LogP contribution in [0.25, 0.3) is 50.4 Å². The van der Waals surface area contributed by atoms with Gasteiger partial charge in [0.05, 0.1) is 45.4 Å². The number of hydrogen-bond acceptors (Lipinski definition) is 7. The van der Waals surface area contributed by atoms with Crippen LogP contribution >= 0.6 is 0 Å². The molecule has 0 saturated heterocycles.